The van der Waals surface area contributed by atoms with Crippen molar-refractivity contribution in [1.29, 1.82) is 0 Å². The lowest BCUT2D eigenvalue weighted by molar-refractivity contribution is 0.112. The topological polar surface area (TPSA) is 26.3 Å². The molecule has 0 aliphatic heterocycles. The van der Waals surface area contributed by atoms with E-state index in [1.54, 1.807) is 24.3 Å². The Kier molecular flexibility index (Phi) is 4.32. The van der Waals surface area contributed by atoms with Gasteiger partial charge in [0.25, 0.3) is 0 Å². The van der Waals surface area contributed by atoms with Gasteiger partial charge in [0.05, 0.1) is 0 Å². The zero-order chi connectivity index (χ0) is 13.8. The fourth-order valence-electron chi connectivity index (χ4n) is 1.66. The van der Waals surface area contributed by atoms with E-state index in [1.165, 1.54) is 12.1 Å². The second kappa shape index (κ2) is 5.97. The van der Waals surface area contributed by atoms with Crippen LogP contribution in [0.25, 0.3) is 0 Å². The molecular weight excluding hydrogens is 311 g/mol. The molecule has 0 saturated carbocycles. The first-order valence-electron chi connectivity index (χ1n) is 5.72. The number of halogens is 2. The number of rotatable bonds is 4. The number of ether oxygens (including phenoxy) is 1. The van der Waals surface area contributed by atoms with Crippen molar-refractivity contribution in [2.75, 3.05) is 0 Å². The number of aldehydes is 1. The van der Waals surface area contributed by atoms with Crippen molar-refractivity contribution in [3.8, 4) is 5.75 Å². The van der Waals surface area contributed by atoms with Crippen LogP contribution >= 0.6 is 15.9 Å². The van der Waals surface area contributed by atoms with Crippen molar-refractivity contribution >= 4 is 22.2 Å². The monoisotopic (exact) mass is 322 g/mol. The summed E-state index contributed by atoms with van der Waals surface area (Å²) < 4.78 is 19.4. The van der Waals surface area contributed by atoms with Gasteiger partial charge in [0.1, 0.15) is 18.2 Å². The van der Waals surface area contributed by atoms with Crippen LogP contribution < -0.4 is 4.74 Å². The molecule has 98 valence electrons. The lowest BCUT2D eigenvalue weighted by atomic mass is 10.1. The lowest BCUT2D eigenvalue weighted by Gasteiger charge is -2.09. The maximum Gasteiger partial charge on any atom is 0.151 e. The number of benzene rings is 2. The van der Waals surface area contributed by atoms with E-state index >= 15 is 0 Å². The zero-order valence-corrected chi connectivity index (χ0v) is 11.9. The van der Waals surface area contributed by atoms with Gasteiger partial charge < -0.3 is 4.74 Å². The summed E-state index contributed by atoms with van der Waals surface area (Å²) in [7, 11) is 0. The normalized spacial score (nSPS) is 10.3. The van der Waals surface area contributed by atoms with E-state index in [4.69, 9.17) is 4.74 Å². The van der Waals surface area contributed by atoms with Gasteiger partial charge in [-0.2, -0.15) is 0 Å². The molecular formula is C15H12BrFO2. The van der Waals surface area contributed by atoms with E-state index in [1.807, 2.05) is 6.92 Å². The van der Waals surface area contributed by atoms with Gasteiger partial charge in [0.2, 0.25) is 0 Å². The molecule has 0 spiro atoms. The smallest absolute Gasteiger partial charge is 0.151 e. The van der Waals surface area contributed by atoms with Crippen LogP contribution in [0.3, 0.4) is 0 Å². The molecule has 2 aromatic rings. The summed E-state index contributed by atoms with van der Waals surface area (Å²) in [6.45, 7) is 2.17. The Balaban J connectivity index is 2.14. The predicted octanol–water partition coefficient (Wildman–Crippen LogP) is 4.29. The van der Waals surface area contributed by atoms with Crippen molar-refractivity contribution in [1.82, 2.24) is 0 Å². The van der Waals surface area contributed by atoms with Gasteiger partial charge in [-0.15, -0.1) is 0 Å². The predicted molar refractivity (Wildman–Crippen MR) is 75.0 cm³/mol. The fourth-order valence-corrected chi connectivity index (χ4v) is 2.00. The minimum absolute atomic E-state index is 0.267. The van der Waals surface area contributed by atoms with Crippen LogP contribution in [0.15, 0.2) is 40.9 Å². The summed E-state index contributed by atoms with van der Waals surface area (Å²) >= 11 is 3.27. The van der Waals surface area contributed by atoms with Gasteiger partial charge in [-0.05, 0) is 48.4 Å². The van der Waals surface area contributed by atoms with Crippen molar-refractivity contribution in [2.45, 2.75) is 13.5 Å². The minimum atomic E-state index is -0.284. The molecule has 0 radical (unpaired) electrons. The van der Waals surface area contributed by atoms with E-state index in [0.29, 0.717) is 11.3 Å². The maximum absolute atomic E-state index is 13.1. The van der Waals surface area contributed by atoms with Gasteiger partial charge in [-0.25, -0.2) is 4.39 Å². The number of carbonyl (C=O) groups excluding carboxylic acids is 1. The molecule has 0 aliphatic carbocycles. The van der Waals surface area contributed by atoms with E-state index in [2.05, 4.69) is 15.9 Å². The Morgan fingerprint density at radius 2 is 2.05 bits per heavy atom. The highest BCUT2D eigenvalue weighted by molar-refractivity contribution is 9.10. The lowest BCUT2D eigenvalue weighted by Crippen LogP contribution is -1.99. The van der Waals surface area contributed by atoms with Crippen LogP contribution in [-0.2, 0) is 6.61 Å². The number of carbonyl (C=O) groups is 1. The summed E-state index contributed by atoms with van der Waals surface area (Å²) in [6.07, 6.45) is 0.754. The second-order valence-corrected chi connectivity index (χ2v) is 5.01. The van der Waals surface area contributed by atoms with Gasteiger partial charge in [0.15, 0.2) is 6.29 Å². The summed E-state index contributed by atoms with van der Waals surface area (Å²) in [5, 5.41) is 0. The molecule has 0 fully saturated rings. The molecule has 0 bridgehead atoms. The SMILES string of the molecule is Cc1ccc(F)cc1COc1ccc(Br)c(C=O)c1. The Bertz CT molecular complexity index is 611. The highest BCUT2D eigenvalue weighted by atomic mass is 79.9. The van der Waals surface area contributed by atoms with E-state index in [-0.39, 0.29) is 12.4 Å². The van der Waals surface area contributed by atoms with E-state index < -0.39 is 0 Å². The molecule has 0 saturated heterocycles. The highest BCUT2D eigenvalue weighted by Crippen LogP contribution is 2.22. The molecule has 0 atom stereocenters. The van der Waals surface area contributed by atoms with Gasteiger partial charge in [-0.1, -0.05) is 22.0 Å². The van der Waals surface area contributed by atoms with Crippen LogP contribution in [0.5, 0.6) is 5.75 Å². The Hall–Kier alpha value is -1.68. The molecule has 0 unspecified atom stereocenters. The third kappa shape index (κ3) is 3.41. The molecule has 19 heavy (non-hydrogen) atoms. The maximum atomic E-state index is 13.1. The Labute approximate surface area is 119 Å². The van der Waals surface area contributed by atoms with Crippen LogP contribution in [-0.4, -0.2) is 6.29 Å². The third-order valence-electron chi connectivity index (χ3n) is 2.80. The molecule has 4 heteroatoms. The van der Waals surface area contributed by atoms with Crippen LogP contribution in [0.2, 0.25) is 0 Å². The first-order valence-corrected chi connectivity index (χ1v) is 6.52. The van der Waals surface area contributed by atoms with Crippen molar-refractivity contribution < 1.29 is 13.9 Å². The summed E-state index contributed by atoms with van der Waals surface area (Å²) in [5.41, 5.74) is 2.28. The van der Waals surface area contributed by atoms with Gasteiger partial charge >= 0.3 is 0 Å². The third-order valence-corrected chi connectivity index (χ3v) is 3.52. The largest absolute Gasteiger partial charge is 0.489 e. The van der Waals surface area contributed by atoms with Gasteiger partial charge in [-0.3, -0.25) is 4.79 Å². The second-order valence-electron chi connectivity index (χ2n) is 4.16. The van der Waals surface area contributed by atoms with Crippen LogP contribution in [0.1, 0.15) is 21.5 Å². The van der Waals surface area contributed by atoms with Crippen molar-refractivity contribution in [2.24, 2.45) is 0 Å². The minimum Gasteiger partial charge on any atom is -0.489 e. The Morgan fingerprint density at radius 3 is 2.79 bits per heavy atom. The molecule has 0 aliphatic rings. The molecule has 0 amide bonds. The van der Waals surface area contributed by atoms with Crippen molar-refractivity contribution in [3.63, 3.8) is 0 Å². The Morgan fingerprint density at radius 1 is 1.26 bits per heavy atom. The summed E-state index contributed by atoms with van der Waals surface area (Å²) in [5.74, 6) is 0.294. The summed E-state index contributed by atoms with van der Waals surface area (Å²) in [4.78, 5) is 10.8. The number of hydrogen-bond acceptors (Lipinski definition) is 2. The van der Waals surface area contributed by atoms with E-state index in [9.17, 15) is 9.18 Å². The van der Waals surface area contributed by atoms with Crippen LogP contribution in [0, 0.1) is 12.7 Å². The molecule has 2 nitrogen and oxygen atoms in total. The molecule has 2 rings (SSSR count). The standard InChI is InChI=1S/C15H12BrFO2/c1-10-2-3-13(17)6-12(10)9-19-14-4-5-15(16)11(7-14)8-18/h2-8H,9H2,1H3. The van der Waals surface area contributed by atoms with E-state index in [0.717, 1.165) is 21.9 Å². The average molecular weight is 323 g/mol. The van der Waals surface area contributed by atoms with Crippen molar-refractivity contribution in [3.05, 3.63) is 63.4 Å². The summed E-state index contributed by atoms with van der Waals surface area (Å²) in [6, 6.07) is 9.74. The van der Waals surface area contributed by atoms with Gasteiger partial charge in [0, 0.05) is 10.0 Å². The zero-order valence-electron chi connectivity index (χ0n) is 10.3. The fraction of sp³-hybridized carbons (Fsp3) is 0.133. The highest BCUT2D eigenvalue weighted by Gasteiger charge is 2.04. The molecule has 0 heterocycles. The molecule has 0 N–H and O–H groups in total. The average Bonchev–Trinajstić information content (AvgIpc) is 2.41. The van der Waals surface area contributed by atoms with Crippen LogP contribution in [0.4, 0.5) is 4.39 Å². The number of aryl methyl sites for hydroxylation is 1. The first kappa shape index (κ1) is 13.7. The number of hydrogen-bond donors (Lipinski definition) is 0. The molecule has 2 aromatic carbocycles. The quantitative estimate of drug-likeness (QED) is 0.785. The first-order chi connectivity index (χ1) is 9.10. The molecule has 0 aromatic heterocycles.